The van der Waals surface area contributed by atoms with E-state index in [0.717, 1.165) is 37.0 Å². The predicted molar refractivity (Wildman–Crippen MR) is 92.1 cm³/mol. The molecule has 2 rings (SSSR count). The summed E-state index contributed by atoms with van der Waals surface area (Å²) in [5.41, 5.74) is 1.87. The summed E-state index contributed by atoms with van der Waals surface area (Å²) in [6, 6.07) is 10.1. The summed E-state index contributed by atoms with van der Waals surface area (Å²) < 4.78 is 27.4. The number of hydrogen-bond acceptors (Lipinski definition) is 2. The number of aryl methyl sites for hydroxylation is 1. The van der Waals surface area contributed by atoms with E-state index in [2.05, 4.69) is 36.0 Å². The molecule has 4 heteroatoms. The molecule has 0 heterocycles. The SMILES string of the molecule is CCCCc1ccc(C#Cc2cc(F)c(N=C=S)c(F)c2)cc1. The fourth-order valence-electron chi connectivity index (χ4n) is 2.07. The minimum atomic E-state index is -0.804. The summed E-state index contributed by atoms with van der Waals surface area (Å²) in [7, 11) is 0. The zero-order chi connectivity index (χ0) is 16.7. The van der Waals surface area contributed by atoms with E-state index in [4.69, 9.17) is 0 Å². The molecule has 0 aliphatic rings. The van der Waals surface area contributed by atoms with Crippen LogP contribution in [0.2, 0.25) is 0 Å². The molecule has 0 aromatic heterocycles. The molecule has 0 saturated heterocycles. The third kappa shape index (κ3) is 4.82. The zero-order valence-corrected chi connectivity index (χ0v) is 13.5. The molecule has 0 amide bonds. The number of rotatable bonds is 4. The molecule has 0 aliphatic carbocycles. The number of aliphatic imine (C=N–C) groups is 1. The van der Waals surface area contributed by atoms with E-state index in [1.165, 1.54) is 5.56 Å². The molecule has 2 aromatic rings. The number of unbranched alkanes of at least 4 members (excludes halogenated alkanes) is 1. The zero-order valence-electron chi connectivity index (χ0n) is 12.7. The topological polar surface area (TPSA) is 12.4 Å². The molecule has 116 valence electrons. The lowest BCUT2D eigenvalue weighted by Gasteiger charge is -2.00. The Morgan fingerprint density at radius 3 is 2.17 bits per heavy atom. The Balaban J connectivity index is 2.20. The summed E-state index contributed by atoms with van der Waals surface area (Å²) in [6.07, 6.45) is 3.35. The number of thiocarbonyl (C=S) groups is 1. The summed E-state index contributed by atoms with van der Waals surface area (Å²) in [6.45, 7) is 2.15. The Labute approximate surface area is 140 Å². The summed E-state index contributed by atoms with van der Waals surface area (Å²) in [5, 5.41) is 1.95. The molecule has 23 heavy (non-hydrogen) atoms. The Kier molecular flexibility index (Phi) is 6.17. The molecule has 0 unspecified atom stereocenters. The van der Waals surface area contributed by atoms with Crippen LogP contribution in [0.15, 0.2) is 41.4 Å². The second-order valence-corrected chi connectivity index (χ2v) is 5.22. The third-order valence-corrected chi connectivity index (χ3v) is 3.39. The van der Waals surface area contributed by atoms with E-state index >= 15 is 0 Å². The number of hydrogen-bond donors (Lipinski definition) is 0. The van der Waals surface area contributed by atoms with Crippen molar-refractivity contribution in [2.75, 3.05) is 0 Å². The molecule has 0 bridgehead atoms. The van der Waals surface area contributed by atoms with Crippen molar-refractivity contribution in [3.8, 4) is 11.8 Å². The molecule has 0 radical (unpaired) electrons. The van der Waals surface area contributed by atoms with E-state index in [1.54, 1.807) is 0 Å². The van der Waals surface area contributed by atoms with E-state index in [9.17, 15) is 8.78 Å². The van der Waals surface area contributed by atoms with Crippen molar-refractivity contribution in [1.82, 2.24) is 0 Å². The standard InChI is InChI=1S/C19H15F2NS/c1-2-3-4-14-5-7-15(8-6-14)9-10-16-11-17(20)19(22-13-23)18(21)12-16/h5-8,11-12H,2-4H2,1H3. The van der Waals surface area contributed by atoms with Gasteiger partial charge in [0.2, 0.25) is 0 Å². The van der Waals surface area contributed by atoms with Gasteiger partial charge in [0, 0.05) is 11.1 Å². The van der Waals surface area contributed by atoms with Gasteiger partial charge in [-0.2, -0.15) is 4.99 Å². The second-order valence-electron chi connectivity index (χ2n) is 5.04. The summed E-state index contributed by atoms with van der Waals surface area (Å²) in [5.74, 6) is 4.05. The highest BCUT2D eigenvalue weighted by Crippen LogP contribution is 2.23. The van der Waals surface area contributed by atoms with Gasteiger partial charge in [-0.15, -0.1) is 0 Å². The summed E-state index contributed by atoms with van der Waals surface area (Å²) >= 11 is 4.36. The number of benzene rings is 2. The first-order valence-electron chi connectivity index (χ1n) is 7.32. The van der Waals surface area contributed by atoms with E-state index in [0.29, 0.717) is 0 Å². The molecule has 0 aliphatic heterocycles. The molecule has 0 saturated carbocycles. The first-order chi connectivity index (χ1) is 11.1. The van der Waals surface area contributed by atoms with Crippen LogP contribution in [0.3, 0.4) is 0 Å². The second kappa shape index (κ2) is 8.33. The van der Waals surface area contributed by atoms with Crippen molar-refractivity contribution in [2.45, 2.75) is 26.2 Å². The van der Waals surface area contributed by atoms with E-state index in [-0.39, 0.29) is 5.56 Å². The highest BCUT2D eigenvalue weighted by molar-refractivity contribution is 7.78. The largest absolute Gasteiger partial charge is 0.204 e. The fourth-order valence-corrected chi connectivity index (χ4v) is 2.16. The van der Waals surface area contributed by atoms with Crippen LogP contribution in [0.4, 0.5) is 14.5 Å². The van der Waals surface area contributed by atoms with Crippen molar-refractivity contribution in [3.05, 3.63) is 64.7 Å². The quantitative estimate of drug-likeness (QED) is 0.414. The van der Waals surface area contributed by atoms with Gasteiger partial charge >= 0.3 is 0 Å². The lowest BCUT2D eigenvalue weighted by molar-refractivity contribution is 0.587. The number of nitrogens with zero attached hydrogens (tertiary/aromatic N) is 1. The average Bonchev–Trinajstić information content (AvgIpc) is 2.55. The van der Waals surface area contributed by atoms with Gasteiger partial charge in [-0.05, 0) is 54.9 Å². The van der Waals surface area contributed by atoms with Gasteiger partial charge in [0.25, 0.3) is 0 Å². The number of halogens is 2. The van der Waals surface area contributed by atoms with E-state index in [1.807, 2.05) is 29.4 Å². The predicted octanol–water partition coefficient (Wildman–Crippen LogP) is 5.44. The van der Waals surface area contributed by atoms with Crippen LogP contribution in [0.25, 0.3) is 0 Å². The average molecular weight is 327 g/mol. The van der Waals surface area contributed by atoms with Crippen molar-refractivity contribution in [2.24, 2.45) is 4.99 Å². The van der Waals surface area contributed by atoms with Gasteiger partial charge in [0.15, 0.2) is 11.6 Å². The van der Waals surface area contributed by atoms with Gasteiger partial charge in [0.1, 0.15) is 5.69 Å². The lowest BCUT2D eigenvalue weighted by atomic mass is 10.1. The van der Waals surface area contributed by atoms with Gasteiger partial charge in [0.05, 0.1) is 5.16 Å². The monoisotopic (exact) mass is 327 g/mol. The Hall–Kier alpha value is -2.34. The first-order valence-corrected chi connectivity index (χ1v) is 7.72. The van der Waals surface area contributed by atoms with Crippen LogP contribution in [-0.4, -0.2) is 5.16 Å². The van der Waals surface area contributed by atoms with Gasteiger partial charge in [-0.1, -0.05) is 37.3 Å². The Bertz CT molecular complexity index is 771. The maximum absolute atomic E-state index is 13.7. The van der Waals surface area contributed by atoms with Crippen molar-refractivity contribution in [3.63, 3.8) is 0 Å². The van der Waals surface area contributed by atoms with E-state index < -0.39 is 17.3 Å². The maximum Gasteiger partial charge on any atom is 0.153 e. The van der Waals surface area contributed by atoms with Crippen LogP contribution in [-0.2, 0) is 6.42 Å². The molecular weight excluding hydrogens is 312 g/mol. The molecular formula is C19H15F2NS. The smallest absolute Gasteiger partial charge is 0.153 e. The minimum absolute atomic E-state index is 0.248. The van der Waals surface area contributed by atoms with Crippen LogP contribution in [0.5, 0.6) is 0 Å². The van der Waals surface area contributed by atoms with Gasteiger partial charge < -0.3 is 0 Å². The van der Waals surface area contributed by atoms with Crippen molar-refractivity contribution in [1.29, 1.82) is 0 Å². The molecule has 2 aromatic carbocycles. The van der Waals surface area contributed by atoms with Crippen LogP contribution in [0.1, 0.15) is 36.5 Å². The van der Waals surface area contributed by atoms with Crippen LogP contribution in [0, 0.1) is 23.5 Å². The van der Waals surface area contributed by atoms with Crippen LogP contribution < -0.4 is 0 Å². The third-order valence-electron chi connectivity index (χ3n) is 3.30. The molecule has 0 spiro atoms. The highest BCUT2D eigenvalue weighted by Gasteiger charge is 2.09. The van der Waals surface area contributed by atoms with Crippen molar-refractivity contribution >= 4 is 23.1 Å². The highest BCUT2D eigenvalue weighted by atomic mass is 32.1. The molecule has 0 atom stereocenters. The summed E-state index contributed by atoms with van der Waals surface area (Å²) in [4.78, 5) is 3.37. The molecule has 1 nitrogen and oxygen atoms in total. The Morgan fingerprint density at radius 2 is 1.61 bits per heavy atom. The van der Waals surface area contributed by atoms with Crippen LogP contribution >= 0.6 is 12.2 Å². The minimum Gasteiger partial charge on any atom is -0.204 e. The van der Waals surface area contributed by atoms with Gasteiger partial charge in [-0.3, -0.25) is 0 Å². The Morgan fingerprint density at radius 1 is 1.00 bits per heavy atom. The lowest BCUT2D eigenvalue weighted by Crippen LogP contribution is -1.87. The molecule has 0 N–H and O–H groups in total. The normalized spacial score (nSPS) is 9.70. The maximum atomic E-state index is 13.7. The fraction of sp³-hybridized carbons (Fsp3) is 0.211. The number of isothiocyanates is 1. The van der Waals surface area contributed by atoms with Crippen molar-refractivity contribution < 1.29 is 8.78 Å². The first kappa shape index (κ1) is 17.0. The molecule has 0 fully saturated rings. The van der Waals surface area contributed by atoms with Gasteiger partial charge in [-0.25, -0.2) is 8.78 Å².